The molecule has 0 bridgehead atoms. The average Bonchev–Trinajstić information content (AvgIpc) is 3.52. The van der Waals surface area contributed by atoms with Gasteiger partial charge in [-0.15, -0.1) is 0 Å². The number of amides is 2. The number of hydrogen-bond donors (Lipinski definition) is 0. The molecule has 0 radical (unpaired) electrons. The van der Waals surface area contributed by atoms with E-state index in [4.69, 9.17) is 14.0 Å². The van der Waals surface area contributed by atoms with Crippen molar-refractivity contribution in [3.05, 3.63) is 54.4 Å². The molecule has 0 N–H and O–H groups in total. The molecular weight excluding hydrogens is 416 g/mol. The number of ether oxygens (including phenoxy) is 2. The van der Waals surface area contributed by atoms with Crippen molar-refractivity contribution in [2.75, 3.05) is 19.1 Å². The second kappa shape index (κ2) is 7.76. The van der Waals surface area contributed by atoms with Crippen molar-refractivity contribution >= 4 is 17.5 Å². The molecule has 2 amide bonds. The molecule has 11 heteroatoms. The van der Waals surface area contributed by atoms with Crippen molar-refractivity contribution in [3.63, 3.8) is 0 Å². The molecule has 2 aliphatic heterocycles. The number of carbonyl (C=O) groups is 2. The first-order valence-electron chi connectivity index (χ1n) is 9.75. The van der Waals surface area contributed by atoms with Crippen LogP contribution in [-0.2, 0) is 16.1 Å². The van der Waals surface area contributed by atoms with Gasteiger partial charge in [0.2, 0.25) is 11.7 Å². The number of rotatable bonds is 6. The molecule has 0 spiro atoms. The summed E-state index contributed by atoms with van der Waals surface area (Å²) in [6, 6.07) is 12.3. The lowest BCUT2D eigenvalue weighted by atomic mass is 10.1. The molecule has 2 aliphatic rings. The summed E-state index contributed by atoms with van der Waals surface area (Å²) < 4.78 is 15.8. The van der Waals surface area contributed by atoms with Gasteiger partial charge in [-0.3, -0.25) is 14.6 Å². The van der Waals surface area contributed by atoms with Gasteiger partial charge in [0.25, 0.3) is 11.8 Å². The van der Waals surface area contributed by atoms with Crippen LogP contribution in [0.5, 0.6) is 11.5 Å². The van der Waals surface area contributed by atoms with E-state index in [1.807, 2.05) is 30.3 Å². The summed E-state index contributed by atoms with van der Waals surface area (Å²) in [6.07, 6.45) is 0. The highest BCUT2D eigenvalue weighted by Crippen LogP contribution is 2.36. The van der Waals surface area contributed by atoms with E-state index in [9.17, 15) is 9.59 Å². The molecule has 32 heavy (non-hydrogen) atoms. The largest absolute Gasteiger partial charge is 0.497 e. The van der Waals surface area contributed by atoms with E-state index in [0.29, 0.717) is 23.0 Å². The number of imide groups is 1. The molecule has 1 fully saturated rings. The Morgan fingerprint density at radius 3 is 2.41 bits per heavy atom. The normalized spacial score (nSPS) is 19.6. The van der Waals surface area contributed by atoms with Crippen molar-refractivity contribution in [3.8, 4) is 22.9 Å². The van der Waals surface area contributed by atoms with Crippen molar-refractivity contribution in [1.29, 1.82) is 0 Å². The van der Waals surface area contributed by atoms with Gasteiger partial charge < -0.3 is 14.0 Å². The van der Waals surface area contributed by atoms with Crippen LogP contribution in [-0.4, -0.2) is 53.3 Å². The summed E-state index contributed by atoms with van der Waals surface area (Å²) in [4.78, 5) is 31.6. The Balaban J connectivity index is 1.39. The van der Waals surface area contributed by atoms with Crippen molar-refractivity contribution in [2.45, 2.75) is 18.6 Å². The van der Waals surface area contributed by atoms with Gasteiger partial charge in [-0.2, -0.15) is 10.1 Å². The van der Waals surface area contributed by atoms with E-state index >= 15 is 0 Å². The number of nitrogens with zero attached hydrogens (tertiary/aromatic N) is 6. The molecule has 0 saturated carbocycles. The van der Waals surface area contributed by atoms with Gasteiger partial charge in [-0.05, 0) is 0 Å². The molecule has 3 aromatic rings. The van der Waals surface area contributed by atoms with Crippen LogP contribution >= 0.6 is 0 Å². The zero-order valence-corrected chi connectivity index (χ0v) is 17.2. The molecule has 1 saturated heterocycles. The van der Waals surface area contributed by atoms with Gasteiger partial charge in [0.15, 0.2) is 12.1 Å². The fraction of sp³-hybridized carbons (Fsp3) is 0.238. The Morgan fingerprint density at radius 2 is 1.72 bits per heavy atom. The number of fused-ring (bicyclic) bond motifs is 1. The van der Waals surface area contributed by atoms with Crippen molar-refractivity contribution in [2.24, 2.45) is 10.3 Å². The summed E-state index contributed by atoms with van der Waals surface area (Å²) in [7, 11) is 2.98. The third-order valence-electron chi connectivity index (χ3n) is 5.25. The van der Waals surface area contributed by atoms with Gasteiger partial charge in [-0.1, -0.05) is 40.7 Å². The van der Waals surface area contributed by atoms with E-state index < -0.39 is 23.9 Å². The molecule has 1 aromatic heterocycles. The standard InChI is InChI=1S/C21H18N6O5/c1-30-14-8-13(9-15(10-14)31-2)27-20(28)17-18(21(27)29)26(25-23-17)11-16-22-19(24-32-16)12-6-4-3-5-7-12/h3-10,17-18H,11H2,1-2H3/t17-,18-/m0/s1. The predicted molar refractivity (Wildman–Crippen MR) is 110 cm³/mol. The summed E-state index contributed by atoms with van der Waals surface area (Å²) in [5.41, 5.74) is 1.14. The third kappa shape index (κ3) is 3.23. The average molecular weight is 434 g/mol. The van der Waals surface area contributed by atoms with Gasteiger partial charge >= 0.3 is 0 Å². The maximum absolute atomic E-state index is 13.2. The highest BCUT2D eigenvalue weighted by Gasteiger charge is 2.55. The monoisotopic (exact) mass is 434 g/mol. The SMILES string of the molecule is COc1cc(OC)cc(N2C(=O)[C@H]3N=NN(Cc4nc(-c5ccccc5)no4)[C@@H]3C2=O)c1. The fourth-order valence-electron chi connectivity index (χ4n) is 3.69. The minimum Gasteiger partial charge on any atom is -0.497 e. The van der Waals surface area contributed by atoms with Crippen LogP contribution in [0.3, 0.4) is 0 Å². The third-order valence-corrected chi connectivity index (χ3v) is 5.25. The number of benzene rings is 2. The first kappa shape index (κ1) is 19.7. The molecule has 0 aliphatic carbocycles. The van der Waals surface area contributed by atoms with E-state index in [2.05, 4.69) is 20.5 Å². The van der Waals surface area contributed by atoms with Crippen LogP contribution in [0.2, 0.25) is 0 Å². The Bertz CT molecular complexity index is 1190. The van der Waals surface area contributed by atoms with Crippen LogP contribution in [0.15, 0.2) is 63.4 Å². The van der Waals surface area contributed by atoms with E-state index in [0.717, 1.165) is 10.5 Å². The molecule has 162 valence electrons. The number of carbonyl (C=O) groups excluding carboxylic acids is 2. The first-order valence-corrected chi connectivity index (χ1v) is 9.75. The molecule has 0 unspecified atom stereocenters. The number of anilines is 1. The van der Waals surface area contributed by atoms with Gasteiger partial charge in [0.05, 0.1) is 19.9 Å². The Kier molecular flexibility index (Phi) is 4.77. The highest BCUT2D eigenvalue weighted by molar-refractivity contribution is 6.25. The topological polar surface area (TPSA) is 123 Å². The van der Waals surface area contributed by atoms with E-state index in [1.165, 1.54) is 19.2 Å². The first-order chi connectivity index (χ1) is 15.6. The molecular formula is C21H18N6O5. The van der Waals surface area contributed by atoms with E-state index in [-0.39, 0.29) is 12.4 Å². The Labute approximate surface area is 182 Å². The quantitative estimate of drug-likeness (QED) is 0.541. The van der Waals surface area contributed by atoms with Gasteiger partial charge in [-0.25, -0.2) is 4.90 Å². The van der Waals surface area contributed by atoms with E-state index in [1.54, 1.807) is 18.2 Å². The van der Waals surface area contributed by atoms with Crippen LogP contribution in [0.4, 0.5) is 5.69 Å². The predicted octanol–water partition coefficient (Wildman–Crippen LogP) is 2.25. The Hall–Kier alpha value is -4.28. The molecule has 2 aromatic carbocycles. The number of methoxy groups -OCH3 is 2. The fourth-order valence-corrected chi connectivity index (χ4v) is 3.69. The number of hydrogen-bond acceptors (Lipinski definition) is 10. The van der Waals surface area contributed by atoms with Crippen LogP contribution < -0.4 is 14.4 Å². The minimum absolute atomic E-state index is 0.0405. The minimum atomic E-state index is -0.948. The zero-order valence-electron chi connectivity index (χ0n) is 17.2. The van der Waals surface area contributed by atoms with Crippen LogP contribution in [0, 0.1) is 0 Å². The lowest BCUT2D eigenvalue weighted by molar-refractivity contribution is -0.123. The lowest BCUT2D eigenvalue weighted by Crippen LogP contribution is -2.39. The maximum atomic E-state index is 13.2. The van der Waals surface area contributed by atoms with Crippen LogP contribution in [0.1, 0.15) is 5.89 Å². The lowest BCUT2D eigenvalue weighted by Gasteiger charge is -2.20. The molecule has 11 nitrogen and oxygen atoms in total. The van der Waals surface area contributed by atoms with Crippen LogP contribution in [0.25, 0.3) is 11.4 Å². The smallest absolute Gasteiger partial charge is 0.263 e. The second-order valence-electron chi connectivity index (χ2n) is 7.15. The molecule has 5 rings (SSSR count). The maximum Gasteiger partial charge on any atom is 0.263 e. The summed E-state index contributed by atoms with van der Waals surface area (Å²) in [5.74, 6) is 0.655. The zero-order chi connectivity index (χ0) is 22.2. The van der Waals surface area contributed by atoms with Crippen molar-refractivity contribution in [1.82, 2.24) is 15.1 Å². The summed E-state index contributed by atoms with van der Waals surface area (Å²) >= 11 is 0. The van der Waals surface area contributed by atoms with Gasteiger partial charge in [0.1, 0.15) is 18.0 Å². The second-order valence-corrected chi connectivity index (χ2v) is 7.15. The van der Waals surface area contributed by atoms with Crippen molar-refractivity contribution < 1.29 is 23.6 Å². The number of aromatic nitrogens is 2. The summed E-state index contributed by atoms with van der Waals surface area (Å²) in [6.45, 7) is 0.0405. The highest BCUT2D eigenvalue weighted by atomic mass is 16.5. The summed E-state index contributed by atoms with van der Waals surface area (Å²) in [5, 5.41) is 13.4. The molecule has 2 atom stereocenters. The van der Waals surface area contributed by atoms with Gasteiger partial charge in [0, 0.05) is 23.8 Å². The molecule has 3 heterocycles. The Morgan fingerprint density at radius 1 is 1.00 bits per heavy atom.